The molecule has 0 atom stereocenters. The number of nitrogens with zero attached hydrogens (tertiary/aromatic N) is 7. The maximum Gasteiger partial charge on any atom is 0.252 e. The normalized spacial score (nSPS) is 15.5. The van der Waals surface area contributed by atoms with E-state index in [0.29, 0.717) is 55.3 Å². The highest BCUT2D eigenvalue weighted by Gasteiger charge is 2.24. The molecule has 0 bridgehead atoms. The summed E-state index contributed by atoms with van der Waals surface area (Å²) >= 11 is 0. The minimum atomic E-state index is -2.97. The number of aromatic nitrogens is 5. The number of nitrogens with two attached hydrogens (primary N) is 1. The van der Waals surface area contributed by atoms with E-state index in [0.717, 1.165) is 0 Å². The number of fused-ring (bicyclic) bond motifs is 1. The van der Waals surface area contributed by atoms with Gasteiger partial charge in [-0.15, -0.1) is 5.10 Å². The van der Waals surface area contributed by atoms with Crippen molar-refractivity contribution in [2.24, 2.45) is 5.73 Å². The third kappa shape index (κ3) is 5.34. The summed E-state index contributed by atoms with van der Waals surface area (Å²) in [4.78, 5) is 29.5. The number of anilines is 2. The van der Waals surface area contributed by atoms with Crippen LogP contribution in [0.4, 0.5) is 15.9 Å². The smallest absolute Gasteiger partial charge is 0.252 e. The topological polar surface area (TPSA) is 140 Å². The highest BCUT2D eigenvalue weighted by atomic mass is 32.2. The summed E-state index contributed by atoms with van der Waals surface area (Å²) in [5, 5.41) is 4.56. The van der Waals surface area contributed by atoms with Gasteiger partial charge in [-0.05, 0) is 50.2 Å². The molecule has 1 saturated heterocycles. The number of rotatable bonds is 8. The largest absolute Gasteiger partial charge is 0.365 e. The zero-order valence-electron chi connectivity index (χ0n) is 20.8. The monoisotopic (exact) mass is 538 g/mol. The first-order valence-electron chi connectivity index (χ1n) is 12.1. The summed E-state index contributed by atoms with van der Waals surface area (Å²) in [6, 6.07) is 8.23. The van der Waals surface area contributed by atoms with Gasteiger partial charge in [-0.3, -0.25) is 9.78 Å². The fraction of sp³-hybridized carbons (Fsp3) is 0.320. The second kappa shape index (κ2) is 10.4. The summed E-state index contributed by atoms with van der Waals surface area (Å²) in [7, 11) is -2.97. The van der Waals surface area contributed by atoms with Crippen LogP contribution in [0.2, 0.25) is 0 Å². The first-order chi connectivity index (χ1) is 18.2. The molecule has 13 heteroatoms. The van der Waals surface area contributed by atoms with Crippen molar-refractivity contribution in [3.05, 3.63) is 66.0 Å². The SMILES string of the molecule is Cc1nc(-c2nc(N(CCCN3CCS(=O)(=O)CC3)c3ccncc3C(N)=O)c3cccn3n2)ccc1F. The summed E-state index contributed by atoms with van der Waals surface area (Å²) in [6.07, 6.45) is 5.42. The van der Waals surface area contributed by atoms with E-state index in [-0.39, 0.29) is 28.6 Å². The average molecular weight is 539 g/mol. The van der Waals surface area contributed by atoms with Gasteiger partial charge in [0.1, 0.15) is 17.0 Å². The molecule has 4 aromatic heterocycles. The van der Waals surface area contributed by atoms with Crippen LogP contribution < -0.4 is 10.6 Å². The van der Waals surface area contributed by atoms with Gasteiger partial charge >= 0.3 is 0 Å². The van der Waals surface area contributed by atoms with Crippen LogP contribution in [-0.4, -0.2) is 81.5 Å². The number of hydrogen-bond donors (Lipinski definition) is 1. The Bertz CT molecular complexity index is 1590. The Labute approximate surface area is 219 Å². The lowest BCUT2D eigenvalue weighted by Crippen LogP contribution is -2.41. The van der Waals surface area contributed by atoms with Crippen LogP contribution in [0.5, 0.6) is 0 Å². The predicted molar refractivity (Wildman–Crippen MR) is 140 cm³/mol. The first-order valence-corrected chi connectivity index (χ1v) is 14.0. The number of sulfone groups is 1. The number of aryl methyl sites for hydroxylation is 1. The Hall–Kier alpha value is -3.97. The predicted octanol–water partition coefficient (Wildman–Crippen LogP) is 1.99. The Balaban J connectivity index is 1.55. The van der Waals surface area contributed by atoms with Crippen LogP contribution >= 0.6 is 0 Å². The Kier molecular flexibility index (Phi) is 7.04. The lowest BCUT2D eigenvalue weighted by atomic mass is 10.2. The molecule has 1 fully saturated rings. The molecule has 1 aliphatic heterocycles. The molecule has 5 heterocycles. The lowest BCUT2D eigenvalue weighted by Gasteiger charge is -2.29. The summed E-state index contributed by atoms with van der Waals surface area (Å²) in [6.45, 7) is 3.65. The lowest BCUT2D eigenvalue weighted by molar-refractivity contribution is 0.100. The van der Waals surface area contributed by atoms with Gasteiger partial charge in [0.25, 0.3) is 5.91 Å². The van der Waals surface area contributed by atoms with Crippen molar-refractivity contribution in [1.82, 2.24) is 29.5 Å². The van der Waals surface area contributed by atoms with Crippen molar-refractivity contribution in [2.45, 2.75) is 13.3 Å². The summed E-state index contributed by atoms with van der Waals surface area (Å²) < 4.78 is 39.2. The third-order valence-corrected chi connectivity index (χ3v) is 8.13. The quantitative estimate of drug-likeness (QED) is 0.357. The van der Waals surface area contributed by atoms with Gasteiger partial charge in [0.15, 0.2) is 15.7 Å². The van der Waals surface area contributed by atoms with Gasteiger partial charge < -0.3 is 15.5 Å². The van der Waals surface area contributed by atoms with Gasteiger partial charge in [0, 0.05) is 38.2 Å². The van der Waals surface area contributed by atoms with Gasteiger partial charge in [-0.1, -0.05) is 0 Å². The Morgan fingerprint density at radius 3 is 2.68 bits per heavy atom. The minimum Gasteiger partial charge on any atom is -0.365 e. The molecule has 0 aromatic carbocycles. The van der Waals surface area contributed by atoms with Crippen LogP contribution in [0.15, 0.2) is 48.9 Å². The number of amides is 1. The van der Waals surface area contributed by atoms with Crippen molar-refractivity contribution >= 4 is 32.8 Å². The molecule has 1 amide bonds. The van der Waals surface area contributed by atoms with E-state index in [4.69, 9.17) is 10.7 Å². The first kappa shape index (κ1) is 25.7. The molecule has 0 saturated carbocycles. The van der Waals surface area contributed by atoms with Crippen molar-refractivity contribution in [3.63, 3.8) is 0 Å². The van der Waals surface area contributed by atoms with Crippen LogP contribution in [0.25, 0.3) is 17.0 Å². The summed E-state index contributed by atoms with van der Waals surface area (Å²) in [5.74, 6) is 0.0435. The molecule has 38 heavy (non-hydrogen) atoms. The van der Waals surface area contributed by atoms with E-state index in [1.807, 2.05) is 17.0 Å². The summed E-state index contributed by atoms with van der Waals surface area (Å²) in [5.41, 5.74) is 7.77. The van der Waals surface area contributed by atoms with Crippen LogP contribution in [0, 0.1) is 12.7 Å². The molecule has 0 radical (unpaired) electrons. The molecular formula is C25H27FN8O3S. The van der Waals surface area contributed by atoms with E-state index in [1.54, 1.807) is 29.9 Å². The highest BCUT2D eigenvalue weighted by molar-refractivity contribution is 7.91. The van der Waals surface area contributed by atoms with Gasteiger partial charge in [0.05, 0.1) is 28.5 Å². The maximum atomic E-state index is 13.9. The van der Waals surface area contributed by atoms with Crippen molar-refractivity contribution < 1.29 is 17.6 Å². The number of carbonyl (C=O) groups is 1. The standard InChI is InChI=1S/C25H27FN8O3S/c1-17-19(26)5-6-20(29-17)24-30-25(22-4-2-11-34(22)31-24)33(21-7-8-28-16-18(21)23(27)35)10-3-9-32-12-14-38(36,37)15-13-32/h2,4-8,11,16H,3,9-10,12-15H2,1H3,(H2,27,35). The zero-order chi connectivity index (χ0) is 26.9. The van der Waals surface area contributed by atoms with Crippen LogP contribution in [-0.2, 0) is 9.84 Å². The molecule has 0 spiro atoms. The molecule has 0 aliphatic carbocycles. The molecule has 5 rings (SSSR count). The van der Waals surface area contributed by atoms with Gasteiger partial charge in [-0.25, -0.2) is 27.3 Å². The van der Waals surface area contributed by atoms with E-state index >= 15 is 0 Å². The highest BCUT2D eigenvalue weighted by Crippen LogP contribution is 2.32. The zero-order valence-corrected chi connectivity index (χ0v) is 21.6. The number of halogens is 1. The number of primary amides is 1. The van der Waals surface area contributed by atoms with E-state index < -0.39 is 21.6 Å². The van der Waals surface area contributed by atoms with E-state index in [9.17, 15) is 17.6 Å². The molecular weight excluding hydrogens is 511 g/mol. The average Bonchev–Trinajstić information content (AvgIpc) is 3.38. The molecule has 4 aromatic rings. The van der Waals surface area contributed by atoms with E-state index in [2.05, 4.69) is 20.0 Å². The minimum absolute atomic E-state index is 0.150. The molecule has 1 aliphatic rings. The van der Waals surface area contributed by atoms with Gasteiger partial charge in [0.2, 0.25) is 5.82 Å². The Morgan fingerprint density at radius 1 is 1.16 bits per heavy atom. The Morgan fingerprint density at radius 2 is 1.95 bits per heavy atom. The molecule has 198 valence electrons. The van der Waals surface area contributed by atoms with Crippen molar-refractivity contribution in [3.8, 4) is 11.5 Å². The fourth-order valence-corrected chi connectivity index (χ4v) is 5.75. The van der Waals surface area contributed by atoms with Crippen LogP contribution in [0.1, 0.15) is 22.5 Å². The second-order valence-corrected chi connectivity index (χ2v) is 11.4. The number of pyridine rings is 2. The maximum absolute atomic E-state index is 13.9. The third-order valence-electron chi connectivity index (χ3n) is 6.53. The van der Waals surface area contributed by atoms with Crippen molar-refractivity contribution in [1.29, 1.82) is 0 Å². The number of hydrogen-bond acceptors (Lipinski definition) is 9. The molecule has 11 nitrogen and oxygen atoms in total. The van der Waals surface area contributed by atoms with Gasteiger partial charge in [-0.2, -0.15) is 0 Å². The van der Waals surface area contributed by atoms with Crippen molar-refractivity contribution in [2.75, 3.05) is 42.6 Å². The van der Waals surface area contributed by atoms with Crippen LogP contribution in [0.3, 0.4) is 0 Å². The van der Waals surface area contributed by atoms with E-state index in [1.165, 1.54) is 18.3 Å². The number of carbonyl (C=O) groups excluding carboxylic acids is 1. The fourth-order valence-electron chi connectivity index (χ4n) is 4.47. The molecule has 2 N–H and O–H groups in total. The molecule has 0 unspecified atom stereocenters. The second-order valence-electron chi connectivity index (χ2n) is 9.12.